The summed E-state index contributed by atoms with van der Waals surface area (Å²) in [5, 5.41) is 0. The number of piperazine rings is 1. The van der Waals surface area contributed by atoms with Gasteiger partial charge >= 0.3 is 0 Å². The molecule has 0 saturated carbocycles. The average molecular weight is 355 g/mol. The van der Waals surface area contributed by atoms with Crippen molar-refractivity contribution in [1.29, 1.82) is 0 Å². The summed E-state index contributed by atoms with van der Waals surface area (Å²) in [6, 6.07) is 3.69. The van der Waals surface area contributed by atoms with E-state index >= 15 is 0 Å². The normalized spacial score (nSPS) is 16.5. The fraction of sp³-hybridized carbons (Fsp3) is 0.562. The Morgan fingerprint density at radius 2 is 1.67 bits per heavy atom. The van der Waals surface area contributed by atoms with Crippen LogP contribution in [0.25, 0.3) is 0 Å². The van der Waals surface area contributed by atoms with Crippen LogP contribution < -0.4 is 4.74 Å². The zero-order chi connectivity index (χ0) is 18.1. The number of amides is 1. The highest BCUT2D eigenvalue weighted by Crippen LogP contribution is 2.24. The summed E-state index contributed by atoms with van der Waals surface area (Å²) in [6.45, 7) is 5.16. The predicted octanol–water partition coefficient (Wildman–Crippen LogP) is 0.876. The molecule has 8 heteroatoms. The Bertz CT molecular complexity index is 723. The topological polar surface area (TPSA) is 70.2 Å². The first kappa shape index (κ1) is 18.7. The monoisotopic (exact) mass is 355 g/mol. The Labute approximate surface area is 144 Å². The molecule has 0 aromatic heterocycles. The van der Waals surface area contributed by atoms with E-state index in [1.807, 2.05) is 26.0 Å². The molecule has 0 radical (unpaired) electrons. The number of ether oxygens (including phenoxy) is 1. The summed E-state index contributed by atoms with van der Waals surface area (Å²) >= 11 is 0. The minimum Gasteiger partial charge on any atom is -0.496 e. The lowest BCUT2D eigenvalue weighted by Crippen LogP contribution is -2.53. The Morgan fingerprint density at radius 1 is 1.08 bits per heavy atom. The maximum Gasteiger partial charge on any atom is 0.281 e. The summed E-state index contributed by atoms with van der Waals surface area (Å²) < 4.78 is 32.1. The SMILES string of the molecule is COc1cc(C)c(C(=O)N2CCN(S(=O)(=O)N(C)C)CC2)cc1C. The third-order valence-corrected chi connectivity index (χ3v) is 6.23. The minimum absolute atomic E-state index is 0.0693. The van der Waals surface area contributed by atoms with Crippen molar-refractivity contribution in [3.05, 3.63) is 28.8 Å². The number of carbonyl (C=O) groups excluding carboxylic acids is 1. The molecule has 1 fully saturated rings. The van der Waals surface area contributed by atoms with Crippen LogP contribution in [0.2, 0.25) is 0 Å². The fourth-order valence-electron chi connectivity index (χ4n) is 2.76. The van der Waals surface area contributed by atoms with E-state index in [0.29, 0.717) is 31.7 Å². The molecule has 1 aliphatic rings. The van der Waals surface area contributed by atoms with Gasteiger partial charge in [-0.1, -0.05) is 0 Å². The zero-order valence-electron chi connectivity index (χ0n) is 14.9. The molecule has 134 valence electrons. The molecule has 7 nitrogen and oxygen atoms in total. The van der Waals surface area contributed by atoms with Gasteiger partial charge in [0.1, 0.15) is 5.75 Å². The largest absolute Gasteiger partial charge is 0.496 e. The lowest BCUT2D eigenvalue weighted by atomic mass is 10.0. The second-order valence-electron chi connectivity index (χ2n) is 6.12. The van der Waals surface area contributed by atoms with Gasteiger partial charge in [-0.05, 0) is 37.1 Å². The van der Waals surface area contributed by atoms with Crippen LogP contribution in [0.15, 0.2) is 12.1 Å². The van der Waals surface area contributed by atoms with Crippen LogP contribution in [0, 0.1) is 13.8 Å². The van der Waals surface area contributed by atoms with Crippen molar-refractivity contribution in [2.75, 3.05) is 47.4 Å². The van der Waals surface area contributed by atoms with Gasteiger partial charge in [0.2, 0.25) is 0 Å². The van der Waals surface area contributed by atoms with Crippen LogP contribution in [-0.2, 0) is 10.2 Å². The molecule has 0 spiro atoms. The molecule has 1 aromatic rings. The standard InChI is InChI=1S/C16H25N3O4S/c1-12-11-15(23-5)13(2)10-14(12)16(20)18-6-8-19(9-7-18)24(21,22)17(3)4/h10-11H,6-9H2,1-5H3. The van der Waals surface area contributed by atoms with E-state index in [2.05, 4.69) is 0 Å². The lowest BCUT2D eigenvalue weighted by molar-refractivity contribution is 0.0694. The summed E-state index contributed by atoms with van der Waals surface area (Å²) in [7, 11) is 1.20. The van der Waals surface area contributed by atoms with Crippen molar-refractivity contribution in [1.82, 2.24) is 13.5 Å². The Hall–Kier alpha value is -1.64. The second kappa shape index (κ2) is 7.08. The Kier molecular flexibility index (Phi) is 5.52. The first-order valence-electron chi connectivity index (χ1n) is 7.80. The molecular weight excluding hydrogens is 330 g/mol. The minimum atomic E-state index is -3.43. The number of carbonyl (C=O) groups is 1. The summed E-state index contributed by atoms with van der Waals surface area (Å²) in [5.74, 6) is 0.686. The summed E-state index contributed by atoms with van der Waals surface area (Å²) in [6.07, 6.45) is 0. The average Bonchev–Trinajstić information content (AvgIpc) is 2.55. The van der Waals surface area contributed by atoms with Gasteiger partial charge in [-0.25, -0.2) is 0 Å². The van der Waals surface area contributed by atoms with Gasteiger partial charge in [0.05, 0.1) is 7.11 Å². The Balaban J connectivity index is 2.13. The van der Waals surface area contributed by atoms with Gasteiger partial charge in [0.25, 0.3) is 16.1 Å². The molecule has 1 aromatic carbocycles. The highest BCUT2D eigenvalue weighted by Gasteiger charge is 2.31. The molecule has 2 rings (SSSR count). The lowest BCUT2D eigenvalue weighted by Gasteiger charge is -2.35. The van der Waals surface area contributed by atoms with Crippen LogP contribution in [-0.4, -0.2) is 75.2 Å². The summed E-state index contributed by atoms with van der Waals surface area (Å²) in [4.78, 5) is 14.5. The molecule has 0 atom stereocenters. The maximum absolute atomic E-state index is 12.8. The van der Waals surface area contributed by atoms with Crippen LogP contribution in [0.4, 0.5) is 0 Å². The van der Waals surface area contributed by atoms with Crippen molar-refractivity contribution in [2.24, 2.45) is 0 Å². The molecule has 1 heterocycles. The predicted molar refractivity (Wildman–Crippen MR) is 92.6 cm³/mol. The van der Waals surface area contributed by atoms with Crippen molar-refractivity contribution in [2.45, 2.75) is 13.8 Å². The number of benzene rings is 1. The first-order valence-corrected chi connectivity index (χ1v) is 9.20. The highest BCUT2D eigenvalue weighted by molar-refractivity contribution is 7.86. The number of aryl methyl sites for hydroxylation is 2. The van der Waals surface area contributed by atoms with E-state index in [1.165, 1.54) is 22.7 Å². The van der Waals surface area contributed by atoms with E-state index < -0.39 is 10.2 Å². The van der Waals surface area contributed by atoms with Crippen molar-refractivity contribution in [3.63, 3.8) is 0 Å². The van der Waals surface area contributed by atoms with Gasteiger partial charge in [-0.15, -0.1) is 0 Å². The van der Waals surface area contributed by atoms with Gasteiger partial charge in [-0.3, -0.25) is 4.79 Å². The Morgan fingerprint density at radius 3 is 2.17 bits per heavy atom. The number of methoxy groups -OCH3 is 1. The molecule has 24 heavy (non-hydrogen) atoms. The molecule has 0 aliphatic carbocycles. The molecule has 1 aliphatic heterocycles. The third kappa shape index (κ3) is 3.55. The van der Waals surface area contributed by atoms with Crippen LogP contribution in [0.3, 0.4) is 0 Å². The third-order valence-electron chi connectivity index (χ3n) is 4.29. The fourth-order valence-corrected chi connectivity index (χ4v) is 3.85. The van der Waals surface area contributed by atoms with E-state index in [4.69, 9.17) is 4.74 Å². The van der Waals surface area contributed by atoms with E-state index in [-0.39, 0.29) is 5.91 Å². The van der Waals surface area contributed by atoms with Gasteiger partial charge in [-0.2, -0.15) is 17.0 Å². The smallest absolute Gasteiger partial charge is 0.281 e. The number of nitrogens with zero attached hydrogens (tertiary/aromatic N) is 3. The van der Waals surface area contributed by atoms with E-state index in [9.17, 15) is 13.2 Å². The maximum atomic E-state index is 12.8. The van der Waals surface area contributed by atoms with Crippen molar-refractivity contribution < 1.29 is 17.9 Å². The summed E-state index contributed by atoms with van der Waals surface area (Å²) in [5.41, 5.74) is 2.39. The quantitative estimate of drug-likeness (QED) is 0.804. The van der Waals surface area contributed by atoms with Gasteiger partial charge in [0, 0.05) is 45.8 Å². The van der Waals surface area contributed by atoms with Crippen LogP contribution in [0.1, 0.15) is 21.5 Å². The number of rotatable bonds is 4. The molecule has 0 N–H and O–H groups in total. The van der Waals surface area contributed by atoms with Crippen LogP contribution in [0.5, 0.6) is 5.75 Å². The van der Waals surface area contributed by atoms with Gasteiger partial charge in [0.15, 0.2) is 0 Å². The number of hydrogen-bond donors (Lipinski definition) is 0. The zero-order valence-corrected chi connectivity index (χ0v) is 15.7. The molecule has 0 unspecified atom stereocenters. The number of hydrogen-bond acceptors (Lipinski definition) is 4. The highest BCUT2D eigenvalue weighted by atomic mass is 32.2. The van der Waals surface area contributed by atoms with Crippen molar-refractivity contribution >= 4 is 16.1 Å². The molecule has 1 amide bonds. The van der Waals surface area contributed by atoms with E-state index in [0.717, 1.165) is 16.9 Å². The van der Waals surface area contributed by atoms with E-state index in [1.54, 1.807) is 12.0 Å². The molecular formula is C16H25N3O4S. The first-order chi connectivity index (χ1) is 11.2. The van der Waals surface area contributed by atoms with Gasteiger partial charge < -0.3 is 9.64 Å². The second-order valence-corrected chi connectivity index (χ2v) is 8.26. The molecule has 1 saturated heterocycles. The molecule has 0 bridgehead atoms. The van der Waals surface area contributed by atoms with Crippen LogP contribution >= 0.6 is 0 Å². The van der Waals surface area contributed by atoms with Crippen molar-refractivity contribution in [3.8, 4) is 5.75 Å².